The number of hydrogen-bond acceptors (Lipinski definition) is 5. The molecule has 1 N–H and O–H groups in total. The van der Waals surface area contributed by atoms with E-state index in [2.05, 4.69) is 67.4 Å². The smallest absolute Gasteiger partial charge is 0.227 e. The number of amides is 1. The van der Waals surface area contributed by atoms with Crippen molar-refractivity contribution in [1.82, 2.24) is 0 Å². The van der Waals surface area contributed by atoms with E-state index in [0.717, 1.165) is 72.0 Å². The third-order valence-electron chi connectivity index (χ3n) is 8.68. The highest BCUT2D eigenvalue weighted by Crippen LogP contribution is 2.48. The predicted molar refractivity (Wildman–Crippen MR) is 171 cm³/mol. The Kier molecular flexibility index (Phi) is 9.31. The second-order valence-electron chi connectivity index (χ2n) is 11.2. The molecule has 0 fully saturated rings. The van der Waals surface area contributed by atoms with Gasteiger partial charge in [-0.15, -0.1) is 0 Å². The molecule has 0 bridgehead atoms. The molecule has 1 aliphatic heterocycles. The molecule has 220 valence electrons. The van der Waals surface area contributed by atoms with Crippen molar-refractivity contribution in [3.63, 3.8) is 0 Å². The highest BCUT2D eigenvalue weighted by atomic mass is 16.5. The van der Waals surface area contributed by atoms with Crippen LogP contribution in [0.25, 0.3) is 0 Å². The van der Waals surface area contributed by atoms with Crippen LogP contribution in [0.1, 0.15) is 82.4 Å². The summed E-state index contributed by atoms with van der Waals surface area (Å²) in [6.07, 6.45) is 4.40. The maximum Gasteiger partial charge on any atom is 0.227 e. The molecule has 0 radical (unpaired) electrons. The molecule has 2 atom stereocenters. The van der Waals surface area contributed by atoms with E-state index >= 15 is 0 Å². The van der Waals surface area contributed by atoms with Crippen LogP contribution in [0, 0.1) is 0 Å². The Labute approximate surface area is 250 Å². The van der Waals surface area contributed by atoms with E-state index in [4.69, 9.17) is 4.74 Å². The summed E-state index contributed by atoms with van der Waals surface area (Å²) in [5.41, 5.74) is 6.50. The number of Topliss-reactive ketones (excluding diaryl/α,β-unsaturated/α-hetero) is 1. The summed E-state index contributed by atoms with van der Waals surface area (Å²) in [4.78, 5) is 32.6. The average molecular weight is 566 g/mol. The molecule has 0 spiro atoms. The number of anilines is 3. The van der Waals surface area contributed by atoms with Gasteiger partial charge in [0.1, 0.15) is 5.75 Å². The Morgan fingerprint density at radius 2 is 1.60 bits per heavy atom. The zero-order chi connectivity index (χ0) is 29.6. The second kappa shape index (κ2) is 13.3. The van der Waals surface area contributed by atoms with Crippen LogP contribution in [0.4, 0.5) is 17.1 Å². The molecular formula is C36H43N3O3. The summed E-state index contributed by atoms with van der Waals surface area (Å²) >= 11 is 0. The molecule has 0 saturated heterocycles. The third-order valence-corrected chi connectivity index (χ3v) is 8.68. The van der Waals surface area contributed by atoms with Crippen LogP contribution in [0.15, 0.2) is 84.1 Å². The van der Waals surface area contributed by atoms with Crippen molar-refractivity contribution in [2.75, 3.05) is 35.3 Å². The van der Waals surface area contributed by atoms with Gasteiger partial charge < -0.3 is 15.0 Å². The van der Waals surface area contributed by atoms with Crippen molar-refractivity contribution >= 4 is 28.8 Å². The van der Waals surface area contributed by atoms with Gasteiger partial charge in [0.25, 0.3) is 0 Å². The van der Waals surface area contributed by atoms with Gasteiger partial charge in [-0.25, -0.2) is 0 Å². The zero-order valence-electron chi connectivity index (χ0n) is 25.4. The number of benzene rings is 3. The van der Waals surface area contributed by atoms with Gasteiger partial charge >= 0.3 is 0 Å². The molecule has 3 aromatic carbocycles. The van der Waals surface area contributed by atoms with E-state index < -0.39 is 6.04 Å². The minimum Gasteiger partial charge on any atom is -0.497 e. The molecule has 0 aromatic heterocycles. The highest BCUT2D eigenvalue weighted by molar-refractivity contribution is 6.06. The number of allylic oxidation sites excluding steroid dienone is 1. The Balaban J connectivity index is 1.63. The molecule has 0 saturated carbocycles. The summed E-state index contributed by atoms with van der Waals surface area (Å²) < 4.78 is 5.36. The molecule has 0 unspecified atom stereocenters. The van der Waals surface area contributed by atoms with E-state index in [1.165, 1.54) is 0 Å². The first-order valence-electron chi connectivity index (χ1n) is 15.4. The van der Waals surface area contributed by atoms with Gasteiger partial charge in [-0.05, 0) is 80.1 Å². The van der Waals surface area contributed by atoms with Crippen LogP contribution < -0.4 is 19.9 Å². The lowest BCUT2D eigenvalue weighted by Gasteiger charge is -2.35. The number of rotatable bonds is 10. The normalized spacial score (nSPS) is 18.1. The van der Waals surface area contributed by atoms with Crippen molar-refractivity contribution in [1.29, 1.82) is 0 Å². The van der Waals surface area contributed by atoms with Gasteiger partial charge in [-0.2, -0.15) is 0 Å². The maximum absolute atomic E-state index is 14.3. The summed E-state index contributed by atoms with van der Waals surface area (Å²) in [5.74, 6) is 0.975. The maximum atomic E-state index is 14.3. The van der Waals surface area contributed by atoms with Gasteiger partial charge in [0, 0.05) is 42.9 Å². The number of para-hydroxylation sites is 2. The Hall–Kier alpha value is -4.06. The highest BCUT2D eigenvalue weighted by Gasteiger charge is 2.41. The van der Waals surface area contributed by atoms with E-state index in [1.807, 2.05) is 41.3 Å². The number of ketones is 1. The zero-order valence-corrected chi connectivity index (χ0v) is 25.4. The van der Waals surface area contributed by atoms with Gasteiger partial charge in [0.15, 0.2) is 5.78 Å². The lowest BCUT2D eigenvalue weighted by atomic mass is 9.78. The van der Waals surface area contributed by atoms with Crippen LogP contribution >= 0.6 is 0 Å². The van der Waals surface area contributed by atoms with Crippen molar-refractivity contribution in [2.24, 2.45) is 0 Å². The van der Waals surface area contributed by atoms with Crippen molar-refractivity contribution < 1.29 is 14.3 Å². The van der Waals surface area contributed by atoms with Crippen LogP contribution in [-0.2, 0) is 9.59 Å². The molecule has 1 heterocycles. The molecule has 5 rings (SSSR count). The van der Waals surface area contributed by atoms with Gasteiger partial charge in [0.05, 0.1) is 24.5 Å². The summed E-state index contributed by atoms with van der Waals surface area (Å²) in [7, 11) is 1.66. The fraction of sp³-hybridized carbons (Fsp3) is 0.389. The molecule has 3 aromatic rings. The first kappa shape index (κ1) is 29.4. The first-order chi connectivity index (χ1) is 20.5. The topological polar surface area (TPSA) is 61.9 Å². The third kappa shape index (κ3) is 5.94. The SMILES string of the molecule is CCCCCC(=O)N1c2ccccc2NC2=C(C(=O)C[C@@H](c3ccc(OC)cc3)C2)[C@@H]1c1ccc(N(CC)CC)cc1. The van der Waals surface area contributed by atoms with E-state index in [9.17, 15) is 9.59 Å². The fourth-order valence-corrected chi connectivity index (χ4v) is 6.40. The molecule has 42 heavy (non-hydrogen) atoms. The molecule has 6 heteroatoms. The lowest BCUT2D eigenvalue weighted by molar-refractivity contribution is -0.119. The van der Waals surface area contributed by atoms with E-state index in [1.54, 1.807) is 7.11 Å². The first-order valence-corrected chi connectivity index (χ1v) is 15.4. The summed E-state index contributed by atoms with van der Waals surface area (Å²) in [6, 6.07) is 23.9. The number of nitrogens with zero attached hydrogens (tertiary/aromatic N) is 2. The molecule has 2 aliphatic rings. The van der Waals surface area contributed by atoms with E-state index in [-0.39, 0.29) is 17.6 Å². The minimum atomic E-state index is -0.500. The van der Waals surface area contributed by atoms with Crippen molar-refractivity contribution in [2.45, 2.75) is 71.3 Å². The molecular weight excluding hydrogens is 522 g/mol. The van der Waals surface area contributed by atoms with Crippen LogP contribution in [0.3, 0.4) is 0 Å². The number of nitrogens with one attached hydrogen (secondary N) is 1. The fourth-order valence-electron chi connectivity index (χ4n) is 6.40. The number of methoxy groups -OCH3 is 1. The Morgan fingerprint density at radius 3 is 2.26 bits per heavy atom. The largest absolute Gasteiger partial charge is 0.497 e. The van der Waals surface area contributed by atoms with Gasteiger partial charge in [-0.1, -0.05) is 56.2 Å². The number of fused-ring (bicyclic) bond motifs is 1. The molecule has 1 aliphatic carbocycles. The second-order valence-corrected chi connectivity index (χ2v) is 11.2. The van der Waals surface area contributed by atoms with E-state index in [0.29, 0.717) is 24.8 Å². The standard InChI is InChI=1S/C36H43N3O3/c1-5-8-9-14-34(41)39-32-13-11-10-12-30(32)37-31-23-27(25-17-21-29(42-4)22-18-25)24-33(40)35(31)36(39)26-15-19-28(20-16-26)38(6-2)7-3/h10-13,15-22,27,36-37H,5-9,14,23-24H2,1-4H3/t27-,36-/m0/s1. The quantitative estimate of drug-likeness (QED) is 0.252. The summed E-state index contributed by atoms with van der Waals surface area (Å²) in [5, 5.41) is 3.65. The summed E-state index contributed by atoms with van der Waals surface area (Å²) in [6.45, 7) is 8.28. The molecule has 1 amide bonds. The van der Waals surface area contributed by atoms with Crippen molar-refractivity contribution in [3.05, 3.63) is 95.2 Å². The van der Waals surface area contributed by atoms with Crippen LogP contribution in [-0.4, -0.2) is 31.9 Å². The number of carbonyl (C=O) groups excluding carboxylic acids is 2. The number of hydrogen-bond donors (Lipinski definition) is 1. The van der Waals surface area contributed by atoms with Gasteiger partial charge in [0.2, 0.25) is 5.91 Å². The van der Waals surface area contributed by atoms with Gasteiger partial charge in [-0.3, -0.25) is 14.5 Å². The van der Waals surface area contributed by atoms with Crippen LogP contribution in [0.2, 0.25) is 0 Å². The Bertz CT molecular complexity index is 1420. The lowest BCUT2D eigenvalue weighted by Crippen LogP contribution is -2.38. The monoisotopic (exact) mass is 565 g/mol. The number of carbonyl (C=O) groups is 2. The molecule has 6 nitrogen and oxygen atoms in total. The predicted octanol–water partition coefficient (Wildman–Crippen LogP) is 8.02. The number of ether oxygens (including phenoxy) is 1. The number of unbranched alkanes of at least 4 members (excludes halogenated alkanes) is 2. The van der Waals surface area contributed by atoms with Crippen molar-refractivity contribution in [3.8, 4) is 5.75 Å². The average Bonchev–Trinajstić information content (AvgIpc) is 3.17. The van der Waals surface area contributed by atoms with Crippen LogP contribution in [0.5, 0.6) is 5.75 Å². The Morgan fingerprint density at radius 1 is 0.905 bits per heavy atom. The minimum absolute atomic E-state index is 0.0410.